The van der Waals surface area contributed by atoms with Crippen LogP contribution in [0, 0.1) is 5.92 Å². The Hall–Kier alpha value is -1.63. The number of nitrogens with one attached hydrogen (secondary N) is 1. The minimum absolute atomic E-state index is 0. The predicted octanol–water partition coefficient (Wildman–Crippen LogP) is 2.74. The number of likely N-dealkylation sites (tertiary alicyclic amines) is 1. The van der Waals surface area contributed by atoms with Crippen LogP contribution in [0.25, 0.3) is 11.4 Å². The van der Waals surface area contributed by atoms with E-state index in [1.807, 2.05) is 17.0 Å². The summed E-state index contributed by atoms with van der Waals surface area (Å²) in [6.45, 7) is 3.07. The molecule has 8 heteroatoms. The summed E-state index contributed by atoms with van der Waals surface area (Å²) in [7, 11) is 0. The van der Waals surface area contributed by atoms with E-state index in [0.717, 1.165) is 38.0 Å². The molecule has 1 N–H and O–H groups in total. The molecule has 1 aromatic heterocycles. The number of aromatic nitrogens is 2. The van der Waals surface area contributed by atoms with Crippen molar-refractivity contribution in [3.8, 4) is 11.4 Å². The zero-order valence-corrected chi connectivity index (χ0v) is 15.2. The topological polar surface area (TPSA) is 71.3 Å². The number of halogens is 2. The molecule has 1 amide bonds. The molecule has 2 aliphatic rings. The monoisotopic (exact) mass is 382 g/mol. The molecular weight excluding hydrogens is 363 g/mol. The Morgan fingerprint density at radius 2 is 2.04 bits per heavy atom. The van der Waals surface area contributed by atoms with Crippen molar-refractivity contribution < 1.29 is 9.32 Å². The summed E-state index contributed by atoms with van der Waals surface area (Å²) in [5, 5.41) is 7.91. The lowest BCUT2D eigenvalue weighted by Gasteiger charge is -2.36. The van der Waals surface area contributed by atoms with Gasteiger partial charge < -0.3 is 14.7 Å². The molecule has 1 aromatic carbocycles. The molecule has 1 unspecified atom stereocenters. The number of piperidine rings is 1. The van der Waals surface area contributed by atoms with Crippen molar-refractivity contribution in [2.24, 2.45) is 5.92 Å². The summed E-state index contributed by atoms with van der Waals surface area (Å²) >= 11 is 5.91. The average Bonchev–Trinajstić information content (AvgIpc) is 3.04. The Bertz CT molecular complexity index is 731. The molecule has 2 aromatic rings. The normalized spacial score (nSPS) is 20.7. The number of amides is 1. The second-order valence-electron chi connectivity index (χ2n) is 6.44. The van der Waals surface area contributed by atoms with Crippen LogP contribution in [-0.2, 0) is 4.79 Å². The second kappa shape index (κ2) is 7.72. The van der Waals surface area contributed by atoms with Gasteiger partial charge in [0.2, 0.25) is 17.6 Å². The predicted molar refractivity (Wildman–Crippen MR) is 96.9 cm³/mol. The second-order valence-corrected chi connectivity index (χ2v) is 6.88. The first-order chi connectivity index (χ1) is 11.7. The summed E-state index contributed by atoms with van der Waals surface area (Å²) in [6.07, 6.45) is 1.93. The molecule has 2 aliphatic heterocycles. The molecule has 2 saturated heterocycles. The summed E-state index contributed by atoms with van der Waals surface area (Å²) < 4.78 is 5.47. The maximum absolute atomic E-state index is 12.4. The molecule has 4 rings (SSSR count). The quantitative estimate of drug-likeness (QED) is 0.883. The van der Waals surface area contributed by atoms with Crippen molar-refractivity contribution in [2.75, 3.05) is 26.2 Å². The van der Waals surface area contributed by atoms with E-state index in [4.69, 9.17) is 16.1 Å². The van der Waals surface area contributed by atoms with Gasteiger partial charge in [-0.25, -0.2) is 0 Å². The molecule has 3 heterocycles. The Morgan fingerprint density at radius 3 is 2.72 bits per heavy atom. The highest BCUT2D eigenvalue weighted by Gasteiger charge is 2.34. The molecule has 0 aliphatic carbocycles. The Labute approximate surface area is 157 Å². The van der Waals surface area contributed by atoms with Crippen LogP contribution >= 0.6 is 24.0 Å². The summed E-state index contributed by atoms with van der Waals surface area (Å²) in [4.78, 5) is 18.9. The molecule has 1 atom stereocenters. The molecular formula is C17H20Cl2N4O2. The molecule has 134 valence electrons. The van der Waals surface area contributed by atoms with Gasteiger partial charge in [0.05, 0.1) is 11.8 Å². The maximum Gasteiger partial charge on any atom is 0.231 e. The van der Waals surface area contributed by atoms with Gasteiger partial charge in [0.15, 0.2) is 0 Å². The number of hydrogen-bond acceptors (Lipinski definition) is 5. The van der Waals surface area contributed by atoms with E-state index in [-0.39, 0.29) is 30.2 Å². The molecule has 6 nitrogen and oxygen atoms in total. The van der Waals surface area contributed by atoms with Crippen LogP contribution in [0.2, 0.25) is 5.02 Å². The molecule has 0 radical (unpaired) electrons. The van der Waals surface area contributed by atoms with Crippen LogP contribution in [0.1, 0.15) is 24.7 Å². The highest BCUT2D eigenvalue weighted by Crippen LogP contribution is 2.29. The largest absolute Gasteiger partial charge is 0.342 e. The van der Waals surface area contributed by atoms with Gasteiger partial charge in [-0.3, -0.25) is 4.79 Å². The van der Waals surface area contributed by atoms with E-state index in [2.05, 4.69) is 15.5 Å². The first-order valence-corrected chi connectivity index (χ1v) is 8.67. The number of rotatable bonds is 3. The fraction of sp³-hybridized carbons (Fsp3) is 0.471. The Kier molecular flexibility index (Phi) is 5.61. The van der Waals surface area contributed by atoms with Gasteiger partial charge in [0.25, 0.3) is 0 Å². The zero-order chi connectivity index (χ0) is 16.5. The zero-order valence-electron chi connectivity index (χ0n) is 13.7. The van der Waals surface area contributed by atoms with Crippen LogP contribution in [0.3, 0.4) is 0 Å². The highest BCUT2D eigenvalue weighted by molar-refractivity contribution is 6.30. The van der Waals surface area contributed by atoms with E-state index in [9.17, 15) is 4.79 Å². The Morgan fingerprint density at radius 1 is 1.28 bits per heavy atom. The van der Waals surface area contributed by atoms with Gasteiger partial charge in [-0.1, -0.05) is 16.8 Å². The van der Waals surface area contributed by atoms with Crippen LogP contribution in [0.15, 0.2) is 28.8 Å². The van der Waals surface area contributed by atoms with E-state index < -0.39 is 0 Å². The van der Waals surface area contributed by atoms with Crippen LogP contribution in [0.4, 0.5) is 0 Å². The van der Waals surface area contributed by atoms with E-state index in [1.54, 1.807) is 12.1 Å². The van der Waals surface area contributed by atoms with Crippen LogP contribution in [-0.4, -0.2) is 47.1 Å². The fourth-order valence-electron chi connectivity index (χ4n) is 3.22. The lowest BCUT2D eigenvalue weighted by molar-refractivity contribution is -0.138. The minimum atomic E-state index is 0. The van der Waals surface area contributed by atoms with Gasteiger partial charge in [0.1, 0.15) is 0 Å². The lowest BCUT2D eigenvalue weighted by atomic mass is 9.95. The van der Waals surface area contributed by atoms with Crippen molar-refractivity contribution in [2.45, 2.75) is 18.8 Å². The number of benzene rings is 1. The van der Waals surface area contributed by atoms with Crippen molar-refractivity contribution in [1.82, 2.24) is 20.4 Å². The molecule has 25 heavy (non-hydrogen) atoms. The van der Waals surface area contributed by atoms with Crippen molar-refractivity contribution in [3.63, 3.8) is 0 Å². The minimum Gasteiger partial charge on any atom is -0.342 e. The van der Waals surface area contributed by atoms with Crippen LogP contribution < -0.4 is 5.32 Å². The van der Waals surface area contributed by atoms with Gasteiger partial charge in [-0.2, -0.15) is 4.98 Å². The number of carbonyl (C=O) groups is 1. The summed E-state index contributed by atoms with van der Waals surface area (Å²) in [5.74, 6) is 1.67. The van der Waals surface area contributed by atoms with Crippen molar-refractivity contribution >= 4 is 29.9 Å². The first kappa shape index (κ1) is 18.2. The first-order valence-electron chi connectivity index (χ1n) is 8.30. The van der Waals surface area contributed by atoms with Gasteiger partial charge >= 0.3 is 0 Å². The smallest absolute Gasteiger partial charge is 0.231 e. The van der Waals surface area contributed by atoms with Gasteiger partial charge in [-0.15, -0.1) is 12.4 Å². The van der Waals surface area contributed by atoms with Crippen LogP contribution in [0.5, 0.6) is 0 Å². The molecule has 0 spiro atoms. The molecule has 0 bridgehead atoms. The van der Waals surface area contributed by atoms with E-state index in [1.165, 1.54) is 0 Å². The maximum atomic E-state index is 12.4. The fourth-order valence-corrected chi connectivity index (χ4v) is 3.34. The molecule has 0 saturated carbocycles. The molecule has 2 fully saturated rings. The van der Waals surface area contributed by atoms with Gasteiger partial charge in [-0.05, 0) is 37.1 Å². The SMILES string of the molecule is Cl.O=C(C1CNC1)N1CCCC(c2nc(-c3ccc(Cl)cc3)no2)C1. The Balaban J connectivity index is 0.00000182. The summed E-state index contributed by atoms with van der Waals surface area (Å²) in [6, 6.07) is 7.36. The number of nitrogens with zero attached hydrogens (tertiary/aromatic N) is 3. The third kappa shape index (κ3) is 3.81. The standard InChI is InChI=1S/C17H19ClN4O2.ClH/c18-14-5-3-11(4-6-14)15-20-16(24-21-15)12-2-1-7-22(10-12)17(23)13-8-19-9-13;/h3-6,12-13,19H,1-2,7-10H2;1H. The van der Waals surface area contributed by atoms with Crippen molar-refractivity contribution in [3.05, 3.63) is 35.2 Å². The third-order valence-corrected chi connectivity index (χ3v) is 5.01. The number of hydrogen-bond donors (Lipinski definition) is 1. The average molecular weight is 383 g/mol. The summed E-state index contributed by atoms with van der Waals surface area (Å²) in [5.41, 5.74) is 0.874. The van der Waals surface area contributed by atoms with Gasteiger partial charge in [0, 0.05) is 36.8 Å². The van der Waals surface area contributed by atoms with Crippen molar-refractivity contribution in [1.29, 1.82) is 0 Å². The lowest BCUT2D eigenvalue weighted by Crippen LogP contribution is -2.53. The highest BCUT2D eigenvalue weighted by atomic mass is 35.5. The van der Waals surface area contributed by atoms with E-state index >= 15 is 0 Å². The third-order valence-electron chi connectivity index (χ3n) is 4.76. The number of carbonyl (C=O) groups excluding carboxylic acids is 1. The van der Waals surface area contributed by atoms with E-state index in [0.29, 0.717) is 23.3 Å².